The number of aliphatic hydroxyl groups is 2. The van der Waals surface area contributed by atoms with Crippen molar-refractivity contribution in [1.82, 2.24) is 4.98 Å². The van der Waals surface area contributed by atoms with E-state index in [1.54, 1.807) is 13.8 Å². The molecule has 1 aliphatic carbocycles. The molecule has 0 bridgehead atoms. The molecule has 0 spiro atoms. The third-order valence-electron chi connectivity index (χ3n) is 4.95. The summed E-state index contributed by atoms with van der Waals surface area (Å²) in [6.07, 6.45) is 1.91. The number of nitrogens with zero attached hydrogens (tertiary/aromatic N) is 1. The van der Waals surface area contributed by atoms with Gasteiger partial charge in [-0.2, -0.15) is 0 Å². The first-order valence-electron chi connectivity index (χ1n) is 9.62. The zero-order valence-electron chi connectivity index (χ0n) is 16.9. The van der Waals surface area contributed by atoms with Crippen LogP contribution in [0.3, 0.4) is 0 Å². The van der Waals surface area contributed by atoms with Crippen LogP contribution >= 0.6 is 0 Å². The number of benzene rings is 2. The summed E-state index contributed by atoms with van der Waals surface area (Å²) in [4.78, 5) is 4.93. The Bertz CT molecular complexity index is 945. The summed E-state index contributed by atoms with van der Waals surface area (Å²) >= 11 is 0. The van der Waals surface area contributed by atoms with Crippen molar-refractivity contribution >= 4 is 10.9 Å². The zero-order valence-corrected chi connectivity index (χ0v) is 19.3. The first-order chi connectivity index (χ1) is 12.8. The van der Waals surface area contributed by atoms with Crippen molar-refractivity contribution in [1.29, 1.82) is 0 Å². The van der Waals surface area contributed by atoms with Crippen molar-refractivity contribution in [3.05, 3.63) is 64.7 Å². The van der Waals surface area contributed by atoms with Crippen molar-refractivity contribution in [2.24, 2.45) is 0 Å². The Balaban J connectivity index is 0.000000306. The van der Waals surface area contributed by atoms with Crippen LogP contribution in [-0.2, 0) is 32.9 Å². The van der Waals surface area contributed by atoms with Crippen molar-refractivity contribution in [3.63, 3.8) is 0 Å². The van der Waals surface area contributed by atoms with Crippen LogP contribution in [0.5, 0.6) is 0 Å². The molecule has 28 heavy (non-hydrogen) atoms. The minimum absolute atomic E-state index is 0. The van der Waals surface area contributed by atoms with Gasteiger partial charge in [0, 0.05) is 20.1 Å². The summed E-state index contributed by atoms with van der Waals surface area (Å²) in [6, 6.07) is 16.4. The molecular weight excluding hydrogens is 526 g/mol. The van der Waals surface area contributed by atoms with Gasteiger partial charge in [0.05, 0.1) is 17.7 Å². The molecule has 4 heteroatoms. The minimum atomic E-state index is -0.375. The van der Waals surface area contributed by atoms with Crippen LogP contribution in [0.4, 0.5) is 0 Å². The largest absolute Gasteiger partial charge is 0.393 e. The molecule has 2 N–H and O–H groups in total. The third kappa shape index (κ3) is 5.27. The maximum Gasteiger partial charge on any atom is 0.0598 e. The smallest absolute Gasteiger partial charge is 0.0598 e. The standard InChI is InChI=1S/C19H16N.C5H12O2.Ir/c1-12-6-7-14-11-15-8-9-16-13(2)4-3-5-17(16)19(15)20-18(14)10-12;1-4(6)3-5(2)7;/h3-4,6-7,10-11H,8-9H2,1-2H3;4-7H,3H2,1-2H3;/q-1;;. The van der Waals surface area contributed by atoms with E-state index in [9.17, 15) is 0 Å². The zero-order chi connectivity index (χ0) is 19.6. The normalized spacial score (nSPS) is 14.1. The quantitative estimate of drug-likeness (QED) is 0.457. The average molecular weight is 555 g/mol. The van der Waals surface area contributed by atoms with E-state index in [-0.39, 0.29) is 32.3 Å². The second kappa shape index (κ2) is 9.75. The van der Waals surface area contributed by atoms with Gasteiger partial charge < -0.3 is 10.2 Å². The summed E-state index contributed by atoms with van der Waals surface area (Å²) < 4.78 is 0. The summed E-state index contributed by atoms with van der Waals surface area (Å²) in [7, 11) is 0. The predicted molar refractivity (Wildman–Crippen MR) is 111 cm³/mol. The van der Waals surface area contributed by atoms with Crippen molar-refractivity contribution in [2.75, 3.05) is 0 Å². The Kier molecular flexibility index (Phi) is 7.91. The number of rotatable bonds is 2. The second-order valence-electron chi connectivity index (χ2n) is 7.64. The predicted octanol–water partition coefficient (Wildman–Crippen LogP) is 4.55. The van der Waals surface area contributed by atoms with E-state index in [0.717, 1.165) is 24.1 Å². The molecule has 0 fully saturated rings. The molecule has 2 unspecified atom stereocenters. The van der Waals surface area contributed by atoms with Gasteiger partial charge in [-0.1, -0.05) is 37.1 Å². The van der Waals surface area contributed by atoms with Gasteiger partial charge in [0.25, 0.3) is 0 Å². The van der Waals surface area contributed by atoms with Gasteiger partial charge in [-0.25, -0.2) is 0 Å². The molecule has 1 aliphatic rings. The Morgan fingerprint density at radius 3 is 2.39 bits per heavy atom. The molecule has 0 amide bonds. The average Bonchev–Trinajstić information content (AvgIpc) is 2.59. The SMILES string of the molecule is CC(O)CC(C)O.Cc1ccc2cc3c(nc2c1)-c1[c-]ccc(C)c1CC3.[Ir]. The molecule has 4 rings (SSSR count). The monoisotopic (exact) mass is 555 g/mol. The fraction of sp³-hybridized carbons (Fsp3) is 0.375. The fourth-order valence-corrected chi connectivity index (χ4v) is 3.65. The Labute approximate surface area is 181 Å². The van der Waals surface area contributed by atoms with Crippen molar-refractivity contribution in [2.45, 2.75) is 59.2 Å². The van der Waals surface area contributed by atoms with Crippen LogP contribution in [0.2, 0.25) is 0 Å². The summed E-state index contributed by atoms with van der Waals surface area (Å²) in [6.45, 7) is 7.62. The van der Waals surface area contributed by atoms with Gasteiger partial charge in [0.1, 0.15) is 0 Å². The third-order valence-corrected chi connectivity index (χ3v) is 4.95. The number of aliphatic hydroxyl groups excluding tert-OH is 2. The number of aryl methyl sites for hydroxylation is 3. The van der Waals surface area contributed by atoms with Gasteiger partial charge in [-0.3, -0.25) is 4.98 Å². The maximum absolute atomic E-state index is 8.56. The molecule has 0 saturated heterocycles. The molecule has 151 valence electrons. The van der Waals surface area contributed by atoms with E-state index in [1.165, 1.54) is 33.2 Å². The summed E-state index contributed by atoms with van der Waals surface area (Å²) in [5.41, 5.74) is 8.81. The van der Waals surface area contributed by atoms with Crippen LogP contribution in [-0.4, -0.2) is 27.4 Å². The summed E-state index contributed by atoms with van der Waals surface area (Å²) in [5.74, 6) is 0. The second-order valence-corrected chi connectivity index (χ2v) is 7.64. The van der Waals surface area contributed by atoms with Crippen LogP contribution in [0.15, 0.2) is 36.4 Å². The molecule has 0 saturated carbocycles. The van der Waals surface area contributed by atoms with E-state index >= 15 is 0 Å². The number of pyridine rings is 1. The first kappa shape index (κ1) is 22.7. The Morgan fingerprint density at radius 2 is 1.75 bits per heavy atom. The number of hydrogen-bond acceptors (Lipinski definition) is 3. The van der Waals surface area contributed by atoms with Gasteiger partial charge in [-0.15, -0.1) is 34.9 Å². The minimum Gasteiger partial charge on any atom is -0.393 e. The van der Waals surface area contributed by atoms with Crippen LogP contribution in [0, 0.1) is 19.9 Å². The topological polar surface area (TPSA) is 53.4 Å². The first-order valence-corrected chi connectivity index (χ1v) is 9.62. The van der Waals surface area contributed by atoms with E-state index in [0.29, 0.717) is 6.42 Å². The van der Waals surface area contributed by atoms with Gasteiger partial charge in [-0.05, 0) is 56.3 Å². The molecular formula is C24H28IrNO2-. The molecule has 0 aliphatic heterocycles. The molecule has 1 aromatic heterocycles. The van der Waals surface area contributed by atoms with Crippen LogP contribution in [0.25, 0.3) is 22.2 Å². The molecule has 3 nitrogen and oxygen atoms in total. The molecule has 2 aromatic carbocycles. The van der Waals surface area contributed by atoms with Crippen LogP contribution in [0.1, 0.15) is 42.5 Å². The van der Waals surface area contributed by atoms with E-state index in [1.807, 2.05) is 6.07 Å². The Morgan fingerprint density at radius 1 is 1.04 bits per heavy atom. The van der Waals surface area contributed by atoms with Gasteiger partial charge in [0.2, 0.25) is 0 Å². The molecule has 2 atom stereocenters. The molecule has 3 aromatic rings. The Hall–Kier alpha value is -1.58. The van der Waals surface area contributed by atoms with E-state index in [2.05, 4.69) is 50.2 Å². The van der Waals surface area contributed by atoms with Crippen molar-refractivity contribution in [3.8, 4) is 11.3 Å². The number of aromatic nitrogens is 1. The molecule has 1 radical (unpaired) electrons. The summed E-state index contributed by atoms with van der Waals surface area (Å²) in [5, 5.41) is 18.4. The van der Waals surface area contributed by atoms with E-state index < -0.39 is 0 Å². The number of fused-ring (bicyclic) bond motifs is 4. The van der Waals surface area contributed by atoms with Gasteiger partial charge >= 0.3 is 0 Å². The maximum atomic E-state index is 8.56. The molecule has 1 heterocycles. The van der Waals surface area contributed by atoms with Crippen LogP contribution < -0.4 is 0 Å². The van der Waals surface area contributed by atoms with E-state index in [4.69, 9.17) is 15.2 Å². The van der Waals surface area contributed by atoms with Gasteiger partial charge in [0.15, 0.2) is 0 Å². The number of hydrogen-bond donors (Lipinski definition) is 2. The van der Waals surface area contributed by atoms with Crippen molar-refractivity contribution < 1.29 is 30.3 Å². The fourth-order valence-electron chi connectivity index (χ4n) is 3.65.